The fourth-order valence-corrected chi connectivity index (χ4v) is 1.30. The summed E-state index contributed by atoms with van der Waals surface area (Å²) < 4.78 is 10.5. The van der Waals surface area contributed by atoms with Crippen LogP contribution in [0.3, 0.4) is 0 Å². The molecule has 0 fully saturated rings. The van der Waals surface area contributed by atoms with Crippen LogP contribution in [0.25, 0.3) is 0 Å². The molecule has 0 aliphatic heterocycles. The Morgan fingerprint density at radius 2 is 2.06 bits per heavy atom. The summed E-state index contributed by atoms with van der Waals surface area (Å²) in [4.78, 5) is 0. The van der Waals surface area contributed by atoms with Crippen molar-refractivity contribution in [2.75, 3.05) is 13.2 Å². The molecule has 2 aromatic rings. The van der Waals surface area contributed by atoms with Crippen molar-refractivity contribution in [3.05, 3.63) is 48.4 Å². The van der Waals surface area contributed by atoms with Crippen LogP contribution in [0.2, 0.25) is 0 Å². The molecule has 0 bridgehead atoms. The van der Waals surface area contributed by atoms with Gasteiger partial charge in [0, 0.05) is 12.6 Å². The van der Waals surface area contributed by atoms with Crippen molar-refractivity contribution in [3.8, 4) is 5.75 Å². The predicted octanol–water partition coefficient (Wildman–Crippen LogP) is 1.84. The number of hydrogen-bond donors (Lipinski definition) is 1. The molecule has 0 saturated heterocycles. The normalized spacial score (nSPS) is 10.2. The smallest absolute Gasteiger partial charge is 0.150 e. The van der Waals surface area contributed by atoms with Gasteiger partial charge in [-0.25, -0.2) is 0 Å². The molecular weight excluding hydrogens is 204 g/mol. The zero-order chi connectivity index (χ0) is 11.1. The summed E-state index contributed by atoms with van der Waals surface area (Å²) in [7, 11) is 0. The molecule has 0 unspecified atom stereocenters. The molecule has 4 heteroatoms. The van der Waals surface area contributed by atoms with E-state index in [-0.39, 0.29) is 0 Å². The highest BCUT2D eigenvalue weighted by molar-refractivity contribution is 5.20. The number of nitrogens with one attached hydrogen (secondary N) is 1. The monoisotopic (exact) mass is 218 g/mol. The molecule has 0 atom stereocenters. The quantitative estimate of drug-likeness (QED) is 0.751. The van der Waals surface area contributed by atoms with Gasteiger partial charge in [-0.05, 0) is 12.1 Å². The lowest BCUT2D eigenvalue weighted by Crippen LogP contribution is -2.20. The van der Waals surface area contributed by atoms with Gasteiger partial charge in [0.25, 0.3) is 0 Å². The second kappa shape index (κ2) is 5.92. The van der Waals surface area contributed by atoms with Crippen LogP contribution < -0.4 is 10.1 Å². The predicted molar refractivity (Wildman–Crippen MR) is 60.1 cm³/mol. The summed E-state index contributed by atoms with van der Waals surface area (Å²) in [6.45, 7) is 2.09. The van der Waals surface area contributed by atoms with Gasteiger partial charge in [-0.15, -0.1) is 0 Å². The second-order valence-corrected chi connectivity index (χ2v) is 3.32. The van der Waals surface area contributed by atoms with Crippen LogP contribution in [0.5, 0.6) is 5.75 Å². The number of benzene rings is 1. The number of rotatable bonds is 6. The Kier molecular flexibility index (Phi) is 3.96. The first-order valence-electron chi connectivity index (χ1n) is 5.23. The average Bonchev–Trinajstić information content (AvgIpc) is 2.83. The maximum Gasteiger partial charge on any atom is 0.150 e. The van der Waals surface area contributed by atoms with Crippen LogP contribution in [0, 0.1) is 0 Å². The second-order valence-electron chi connectivity index (χ2n) is 3.32. The van der Waals surface area contributed by atoms with Gasteiger partial charge in [0.2, 0.25) is 0 Å². The van der Waals surface area contributed by atoms with Crippen LogP contribution in [-0.2, 0) is 6.54 Å². The molecular formula is C12H14N2O2. The van der Waals surface area contributed by atoms with E-state index in [9.17, 15) is 0 Å². The maximum atomic E-state index is 5.52. The number of nitrogens with zero attached hydrogens (tertiary/aromatic N) is 1. The molecule has 1 aromatic heterocycles. The first-order chi connectivity index (χ1) is 7.95. The minimum Gasteiger partial charge on any atom is -0.492 e. The van der Waals surface area contributed by atoms with E-state index in [1.807, 2.05) is 36.4 Å². The molecule has 0 aliphatic carbocycles. The van der Waals surface area contributed by atoms with Crippen molar-refractivity contribution in [1.29, 1.82) is 0 Å². The molecule has 0 spiro atoms. The van der Waals surface area contributed by atoms with Gasteiger partial charge in [-0.2, -0.15) is 0 Å². The molecule has 4 nitrogen and oxygen atoms in total. The summed E-state index contributed by atoms with van der Waals surface area (Å²) in [5, 5.41) is 6.82. The van der Waals surface area contributed by atoms with Gasteiger partial charge in [0.15, 0.2) is 0 Å². The van der Waals surface area contributed by atoms with Gasteiger partial charge >= 0.3 is 0 Å². The molecule has 84 valence electrons. The third-order valence-electron chi connectivity index (χ3n) is 2.08. The summed E-state index contributed by atoms with van der Waals surface area (Å²) >= 11 is 0. The van der Waals surface area contributed by atoms with Crippen LogP contribution in [0.15, 0.2) is 47.1 Å². The van der Waals surface area contributed by atoms with E-state index >= 15 is 0 Å². The molecule has 0 amide bonds. The Morgan fingerprint density at radius 3 is 2.81 bits per heavy atom. The first-order valence-corrected chi connectivity index (χ1v) is 5.23. The van der Waals surface area contributed by atoms with Crippen molar-refractivity contribution < 1.29 is 9.26 Å². The minimum absolute atomic E-state index is 0.637. The van der Waals surface area contributed by atoms with Gasteiger partial charge in [-0.1, -0.05) is 23.4 Å². The zero-order valence-corrected chi connectivity index (χ0v) is 8.93. The largest absolute Gasteiger partial charge is 0.492 e. The minimum atomic E-state index is 0.637. The lowest BCUT2D eigenvalue weighted by atomic mass is 10.3. The van der Waals surface area contributed by atoms with Crippen molar-refractivity contribution in [2.45, 2.75) is 6.54 Å². The Morgan fingerprint density at radius 1 is 1.19 bits per heavy atom. The van der Waals surface area contributed by atoms with Crippen molar-refractivity contribution >= 4 is 0 Å². The van der Waals surface area contributed by atoms with Crippen LogP contribution in [-0.4, -0.2) is 18.3 Å². The number of ether oxygens (including phenoxy) is 1. The maximum absolute atomic E-state index is 5.52. The zero-order valence-electron chi connectivity index (χ0n) is 8.93. The highest BCUT2D eigenvalue weighted by atomic mass is 16.5. The van der Waals surface area contributed by atoms with E-state index < -0.39 is 0 Å². The average molecular weight is 218 g/mol. The molecule has 16 heavy (non-hydrogen) atoms. The first kappa shape index (κ1) is 10.7. The molecule has 0 radical (unpaired) electrons. The Labute approximate surface area is 94.2 Å². The van der Waals surface area contributed by atoms with Gasteiger partial charge in [0.1, 0.15) is 18.1 Å². The van der Waals surface area contributed by atoms with E-state index in [0.29, 0.717) is 13.2 Å². The summed E-state index contributed by atoms with van der Waals surface area (Å²) in [5.41, 5.74) is 0. The lowest BCUT2D eigenvalue weighted by molar-refractivity contribution is 0.307. The standard InChI is InChI=1S/C12H14N2O2/c1-2-4-11(5-3-1)15-9-8-13-10-12-6-7-14-16-12/h1-7,13H,8-10H2. The Bertz CT molecular complexity index is 387. The topological polar surface area (TPSA) is 47.3 Å². The Hall–Kier alpha value is -1.81. The van der Waals surface area contributed by atoms with Crippen molar-refractivity contribution in [2.24, 2.45) is 0 Å². The molecule has 1 aromatic carbocycles. The van der Waals surface area contributed by atoms with E-state index in [0.717, 1.165) is 18.1 Å². The van der Waals surface area contributed by atoms with Gasteiger partial charge in [0.05, 0.1) is 12.7 Å². The van der Waals surface area contributed by atoms with E-state index in [4.69, 9.17) is 9.26 Å². The van der Waals surface area contributed by atoms with Crippen molar-refractivity contribution in [1.82, 2.24) is 10.5 Å². The van der Waals surface area contributed by atoms with Gasteiger partial charge < -0.3 is 14.6 Å². The molecule has 0 aliphatic rings. The number of hydrogen-bond acceptors (Lipinski definition) is 4. The number of aromatic nitrogens is 1. The summed E-state index contributed by atoms with van der Waals surface area (Å²) in [5.74, 6) is 1.73. The molecule has 0 saturated carbocycles. The lowest BCUT2D eigenvalue weighted by Gasteiger charge is -2.05. The van der Waals surface area contributed by atoms with Gasteiger partial charge in [-0.3, -0.25) is 0 Å². The van der Waals surface area contributed by atoms with Crippen LogP contribution in [0.4, 0.5) is 0 Å². The fourth-order valence-electron chi connectivity index (χ4n) is 1.30. The third-order valence-corrected chi connectivity index (χ3v) is 2.08. The van der Waals surface area contributed by atoms with E-state index in [2.05, 4.69) is 10.5 Å². The third kappa shape index (κ3) is 3.40. The van der Waals surface area contributed by atoms with E-state index in [1.54, 1.807) is 6.20 Å². The molecule has 1 N–H and O–H groups in total. The highest BCUT2D eigenvalue weighted by Gasteiger charge is 1.95. The SMILES string of the molecule is c1ccc(OCCNCc2ccno2)cc1. The van der Waals surface area contributed by atoms with Crippen LogP contribution >= 0.6 is 0 Å². The summed E-state index contributed by atoms with van der Waals surface area (Å²) in [6, 6.07) is 11.6. The number of para-hydroxylation sites is 1. The molecule has 2 rings (SSSR count). The molecule has 1 heterocycles. The van der Waals surface area contributed by atoms with E-state index in [1.165, 1.54) is 0 Å². The fraction of sp³-hybridized carbons (Fsp3) is 0.250. The highest BCUT2D eigenvalue weighted by Crippen LogP contribution is 2.07. The van der Waals surface area contributed by atoms with Crippen LogP contribution in [0.1, 0.15) is 5.76 Å². The summed E-state index contributed by atoms with van der Waals surface area (Å²) in [6.07, 6.45) is 1.64. The Balaban J connectivity index is 1.59. The van der Waals surface area contributed by atoms with Crippen molar-refractivity contribution in [3.63, 3.8) is 0 Å².